The summed E-state index contributed by atoms with van der Waals surface area (Å²) in [4.78, 5) is 12.5. The Morgan fingerprint density at radius 2 is 2.04 bits per heavy atom. The van der Waals surface area contributed by atoms with Crippen molar-refractivity contribution in [2.24, 2.45) is 0 Å². The van der Waals surface area contributed by atoms with Crippen molar-refractivity contribution in [2.75, 3.05) is 33.4 Å². The topological polar surface area (TPSA) is 64.5 Å². The SMILES string of the molecule is COc1cccc(OCCNC(=O)c2cccn2C2CCNCC2)c1. The van der Waals surface area contributed by atoms with Crippen LogP contribution in [0.1, 0.15) is 29.4 Å². The molecule has 0 radical (unpaired) electrons. The molecule has 0 saturated carbocycles. The minimum absolute atomic E-state index is 0.0576. The Kier molecular flexibility index (Phi) is 5.95. The molecule has 1 amide bonds. The number of methoxy groups -OCH3 is 1. The third-order valence-electron chi connectivity index (χ3n) is 4.41. The molecule has 2 heterocycles. The number of piperidine rings is 1. The molecule has 25 heavy (non-hydrogen) atoms. The lowest BCUT2D eigenvalue weighted by Crippen LogP contribution is -2.33. The number of carbonyl (C=O) groups is 1. The second kappa shape index (κ2) is 8.58. The molecule has 3 rings (SSSR count). The predicted octanol–water partition coefficient (Wildman–Crippen LogP) is 2.23. The summed E-state index contributed by atoms with van der Waals surface area (Å²) in [7, 11) is 1.62. The second-order valence-electron chi connectivity index (χ2n) is 6.07. The summed E-state index contributed by atoms with van der Waals surface area (Å²) < 4.78 is 12.9. The Morgan fingerprint density at radius 3 is 2.84 bits per heavy atom. The lowest BCUT2D eigenvalue weighted by Gasteiger charge is -2.25. The number of benzene rings is 1. The Morgan fingerprint density at radius 1 is 1.24 bits per heavy atom. The van der Waals surface area contributed by atoms with Crippen LogP contribution < -0.4 is 20.1 Å². The van der Waals surface area contributed by atoms with Gasteiger partial charge < -0.3 is 24.7 Å². The van der Waals surface area contributed by atoms with Crippen molar-refractivity contribution in [2.45, 2.75) is 18.9 Å². The molecule has 0 bridgehead atoms. The molecule has 2 N–H and O–H groups in total. The fraction of sp³-hybridized carbons (Fsp3) is 0.421. The maximum atomic E-state index is 12.5. The van der Waals surface area contributed by atoms with Crippen molar-refractivity contribution in [3.63, 3.8) is 0 Å². The van der Waals surface area contributed by atoms with E-state index in [1.54, 1.807) is 7.11 Å². The maximum absolute atomic E-state index is 12.5. The molecule has 1 aliphatic heterocycles. The second-order valence-corrected chi connectivity index (χ2v) is 6.07. The predicted molar refractivity (Wildman–Crippen MR) is 96.4 cm³/mol. The first-order valence-corrected chi connectivity index (χ1v) is 8.70. The standard InChI is InChI=1S/C19H25N3O3/c1-24-16-4-2-5-17(14-16)25-13-11-21-19(23)18-6-3-12-22(18)15-7-9-20-10-8-15/h2-6,12,14-15,20H,7-11,13H2,1H3,(H,21,23). The van der Waals surface area contributed by atoms with E-state index < -0.39 is 0 Å². The van der Waals surface area contributed by atoms with E-state index in [1.807, 2.05) is 42.6 Å². The van der Waals surface area contributed by atoms with E-state index in [0.29, 0.717) is 24.9 Å². The fourth-order valence-corrected chi connectivity index (χ4v) is 3.10. The third kappa shape index (κ3) is 4.54. The summed E-state index contributed by atoms with van der Waals surface area (Å²) in [6.07, 6.45) is 4.10. The summed E-state index contributed by atoms with van der Waals surface area (Å²) in [5.41, 5.74) is 0.716. The van der Waals surface area contributed by atoms with Gasteiger partial charge in [-0.2, -0.15) is 0 Å². The van der Waals surface area contributed by atoms with Crippen molar-refractivity contribution in [3.8, 4) is 11.5 Å². The van der Waals surface area contributed by atoms with Gasteiger partial charge in [-0.3, -0.25) is 4.79 Å². The molecule has 0 atom stereocenters. The van der Waals surface area contributed by atoms with Gasteiger partial charge in [0.1, 0.15) is 23.8 Å². The van der Waals surface area contributed by atoms with E-state index >= 15 is 0 Å². The van der Waals surface area contributed by atoms with E-state index in [1.165, 1.54) is 0 Å². The monoisotopic (exact) mass is 343 g/mol. The first-order valence-electron chi connectivity index (χ1n) is 8.70. The molecule has 1 aromatic carbocycles. The zero-order valence-corrected chi connectivity index (χ0v) is 14.5. The van der Waals surface area contributed by atoms with Crippen LogP contribution >= 0.6 is 0 Å². The summed E-state index contributed by atoms with van der Waals surface area (Å²) in [5, 5.41) is 6.28. The maximum Gasteiger partial charge on any atom is 0.268 e. The van der Waals surface area contributed by atoms with Gasteiger partial charge >= 0.3 is 0 Å². The third-order valence-corrected chi connectivity index (χ3v) is 4.41. The number of ether oxygens (including phenoxy) is 2. The van der Waals surface area contributed by atoms with Gasteiger partial charge in [0, 0.05) is 18.3 Å². The minimum atomic E-state index is -0.0576. The molecule has 6 nitrogen and oxygen atoms in total. The average molecular weight is 343 g/mol. The van der Waals surface area contributed by atoms with Gasteiger partial charge in [0.15, 0.2) is 0 Å². The smallest absolute Gasteiger partial charge is 0.268 e. The zero-order valence-electron chi connectivity index (χ0n) is 14.5. The number of nitrogens with zero attached hydrogens (tertiary/aromatic N) is 1. The molecule has 134 valence electrons. The summed E-state index contributed by atoms with van der Waals surface area (Å²) in [5.74, 6) is 1.42. The van der Waals surface area contributed by atoms with Gasteiger partial charge in [0.25, 0.3) is 5.91 Å². The van der Waals surface area contributed by atoms with Gasteiger partial charge in [-0.25, -0.2) is 0 Å². The van der Waals surface area contributed by atoms with Crippen LogP contribution in [0.3, 0.4) is 0 Å². The molecule has 6 heteroatoms. The quantitative estimate of drug-likeness (QED) is 0.757. The Labute approximate surface area is 148 Å². The number of nitrogens with one attached hydrogen (secondary N) is 2. The summed E-state index contributed by atoms with van der Waals surface area (Å²) in [6, 6.07) is 11.6. The Balaban J connectivity index is 1.49. The van der Waals surface area contributed by atoms with E-state index in [4.69, 9.17) is 9.47 Å². The zero-order chi connectivity index (χ0) is 17.5. The van der Waals surface area contributed by atoms with Crippen LogP contribution in [0.5, 0.6) is 11.5 Å². The molecule has 1 aliphatic rings. The van der Waals surface area contributed by atoms with Crippen LogP contribution in [0, 0.1) is 0 Å². The van der Waals surface area contributed by atoms with Crippen molar-refractivity contribution in [3.05, 3.63) is 48.3 Å². The highest BCUT2D eigenvalue weighted by Gasteiger charge is 2.19. The van der Waals surface area contributed by atoms with Crippen LogP contribution in [0.4, 0.5) is 0 Å². The lowest BCUT2D eigenvalue weighted by molar-refractivity contribution is 0.0934. The molecule has 1 fully saturated rings. The van der Waals surface area contributed by atoms with E-state index in [2.05, 4.69) is 15.2 Å². The van der Waals surface area contributed by atoms with Crippen LogP contribution in [0.2, 0.25) is 0 Å². The van der Waals surface area contributed by atoms with Crippen molar-refractivity contribution in [1.82, 2.24) is 15.2 Å². The Hall–Kier alpha value is -2.47. The van der Waals surface area contributed by atoms with Crippen molar-refractivity contribution >= 4 is 5.91 Å². The summed E-state index contributed by atoms with van der Waals surface area (Å²) >= 11 is 0. The lowest BCUT2D eigenvalue weighted by atomic mass is 10.1. The minimum Gasteiger partial charge on any atom is -0.497 e. The Bertz CT molecular complexity index is 693. The summed E-state index contributed by atoms with van der Waals surface area (Å²) in [6.45, 7) is 2.86. The molecular formula is C19H25N3O3. The van der Waals surface area contributed by atoms with Gasteiger partial charge in [-0.15, -0.1) is 0 Å². The number of carbonyl (C=O) groups excluding carboxylic acids is 1. The van der Waals surface area contributed by atoms with Crippen LogP contribution in [0.15, 0.2) is 42.6 Å². The van der Waals surface area contributed by atoms with Crippen LogP contribution in [-0.4, -0.2) is 43.8 Å². The van der Waals surface area contributed by atoms with Crippen molar-refractivity contribution in [1.29, 1.82) is 0 Å². The van der Waals surface area contributed by atoms with Crippen LogP contribution in [0.25, 0.3) is 0 Å². The molecule has 2 aromatic rings. The highest BCUT2D eigenvalue weighted by Crippen LogP contribution is 2.21. The number of rotatable bonds is 7. The molecular weight excluding hydrogens is 318 g/mol. The van der Waals surface area contributed by atoms with E-state index in [0.717, 1.165) is 37.4 Å². The molecule has 1 aromatic heterocycles. The number of hydrogen-bond donors (Lipinski definition) is 2. The number of aromatic nitrogens is 1. The number of amides is 1. The van der Waals surface area contributed by atoms with E-state index in [9.17, 15) is 4.79 Å². The van der Waals surface area contributed by atoms with Crippen molar-refractivity contribution < 1.29 is 14.3 Å². The van der Waals surface area contributed by atoms with Gasteiger partial charge in [0.2, 0.25) is 0 Å². The normalized spacial score (nSPS) is 14.9. The van der Waals surface area contributed by atoms with E-state index in [-0.39, 0.29) is 5.91 Å². The van der Waals surface area contributed by atoms with Gasteiger partial charge in [-0.1, -0.05) is 6.07 Å². The molecule has 0 unspecified atom stereocenters. The fourth-order valence-electron chi connectivity index (χ4n) is 3.10. The largest absolute Gasteiger partial charge is 0.497 e. The van der Waals surface area contributed by atoms with Gasteiger partial charge in [0.05, 0.1) is 13.7 Å². The first kappa shape index (κ1) is 17.4. The molecule has 0 spiro atoms. The highest BCUT2D eigenvalue weighted by molar-refractivity contribution is 5.92. The average Bonchev–Trinajstić information content (AvgIpc) is 3.16. The van der Waals surface area contributed by atoms with Gasteiger partial charge in [-0.05, 0) is 50.2 Å². The highest BCUT2D eigenvalue weighted by atomic mass is 16.5. The molecule has 1 saturated heterocycles. The molecule has 0 aliphatic carbocycles. The van der Waals surface area contributed by atoms with Crippen LogP contribution in [-0.2, 0) is 0 Å². The first-order chi connectivity index (χ1) is 12.3. The number of hydrogen-bond acceptors (Lipinski definition) is 4.